The Morgan fingerprint density at radius 2 is 2.50 bits per heavy atom. The number of hydrogen-bond acceptors (Lipinski definition) is 2. The van der Waals surface area contributed by atoms with Crippen LogP contribution in [0.15, 0.2) is 10.7 Å². The second kappa shape index (κ2) is 3.05. The molecule has 1 aromatic heterocycles. The molecule has 3 nitrogen and oxygen atoms in total. The van der Waals surface area contributed by atoms with Crippen LogP contribution in [0.5, 0.6) is 5.88 Å². The molecule has 0 spiro atoms. The van der Waals surface area contributed by atoms with Gasteiger partial charge in [0.2, 0.25) is 5.88 Å². The summed E-state index contributed by atoms with van der Waals surface area (Å²) in [5, 5.41) is 4.05. The van der Waals surface area contributed by atoms with Gasteiger partial charge in [0.25, 0.3) is 0 Å². The lowest BCUT2D eigenvalue weighted by atomic mass is 10.7. The SMILES string of the molecule is CCOc1nn(C)cc1Br. The van der Waals surface area contributed by atoms with E-state index in [0.717, 1.165) is 4.47 Å². The van der Waals surface area contributed by atoms with Gasteiger partial charge in [-0.25, -0.2) is 0 Å². The van der Waals surface area contributed by atoms with Crippen LogP contribution in [0.4, 0.5) is 0 Å². The van der Waals surface area contributed by atoms with E-state index < -0.39 is 0 Å². The zero-order chi connectivity index (χ0) is 7.56. The summed E-state index contributed by atoms with van der Waals surface area (Å²) in [5.74, 6) is 0.657. The number of hydrogen-bond donors (Lipinski definition) is 0. The molecule has 1 aromatic rings. The Bertz CT molecular complexity index is 222. The van der Waals surface area contributed by atoms with Crippen molar-refractivity contribution in [2.45, 2.75) is 6.92 Å². The van der Waals surface area contributed by atoms with E-state index >= 15 is 0 Å². The highest BCUT2D eigenvalue weighted by atomic mass is 79.9. The number of aryl methyl sites for hydroxylation is 1. The van der Waals surface area contributed by atoms with Crippen molar-refractivity contribution in [3.63, 3.8) is 0 Å². The van der Waals surface area contributed by atoms with Gasteiger partial charge in [0, 0.05) is 13.2 Å². The molecule has 0 aliphatic rings. The van der Waals surface area contributed by atoms with Crippen LogP contribution in [0.1, 0.15) is 6.92 Å². The van der Waals surface area contributed by atoms with Crippen molar-refractivity contribution in [2.75, 3.05) is 6.61 Å². The predicted molar refractivity (Wildman–Crippen MR) is 42.1 cm³/mol. The second-order valence-electron chi connectivity index (χ2n) is 1.89. The maximum atomic E-state index is 5.18. The third kappa shape index (κ3) is 1.50. The van der Waals surface area contributed by atoms with Gasteiger partial charge >= 0.3 is 0 Å². The molecule has 0 fully saturated rings. The standard InChI is InChI=1S/C6H9BrN2O/c1-3-10-6-5(7)4-9(2)8-6/h4H,3H2,1-2H3. The van der Waals surface area contributed by atoms with E-state index in [1.807, 2.05) is 20.2 Å². The number of rotatable bonds is 2. The molecule has 0 aromatic carbocycles. The zero-order valence-electron chi connectivity index (χ0n) is 5.97. The van der Waals surface area contributed by atoms with Crippen LogP contribution in [0, 0.1) is 0 Å². The molecule has 0 atom stereocenters. The molecule has 56 valence electrons. The number of ether oxygens (including phenoxy) is 1. The molecule has 1 rings (SSSR count). The highest BCUT2D eigenvalue weighted by Gasteiger charge is 2.02. The maximum absolute atomic E-state index is 5.18. The predicted octanol–water partition coefficient (Wildman–Crippen LogP) is 1.58. The molecule has 10 heavy (non-hydrogen) atoms. The van der Waals surface area contributed by atoms with Crippen molar-refractivity contribution in [1.82, 2.24) is 9.78 Å². The summed E-state index contributed by atoms with van der Waals surface area (Å²) in [4.78, 5) is 0. The van der Waals surface area contributed by atoms with Crippen molar-refractivity contribution < 1.29 is 4.74 Å². The fraction of sp³-hybridized carbons (Fsp3) is 0.500. The Morgan fingerprint density at radius 1 is 1.80 bits per heavy atom. The first-order chi connectivity index (χ1) is 4.74. The smallest absolute Gasteiger partial charge is 0.247 e. The van der Waals surface area contributed by atoms with Gasteiger partial charge in [0.1, 0.15) is 0 Å². The molecular weight excluding hydrogens is 196 g/mol. The molecular formula is C6H9BrN2O. The van der Waals surface area contributed by atoms with Crippen LogP contribution in [-0.2, 0) is 7.05 Å². The van der Waals surface area contributed by atoms with E-state index in [2.05, 4.69) is 21.0 Å². The van der Waals surface area contributed by atoms with Crippen molar-refractivity contribution in [1.29, 1.82) is 0 Å². The van der Waals surface area contributed by atoms with Crippen molar-refractivity contribution in [3.05, 3.63) is 10.7 Å². The van der Waals surface area contributed by atoms with Crippen molar-refractivity contribution in [2.24, 2.45) is 7.05 Å². The summed E-state index contributed by atoms with van der Waals surface area (Å²) < 4.78 is 7.78. The van der Waals surface area contributed by atoms with Crippen molar-refractivity contribution in [3.8, 4) is 5.88 Å². The molecule has 0 saturated carbocycles. The van der Waals surface area contributed by atoms with Crippen LogP contribution in [0.25, 0.3) is 0 Å². The lowest BCUT2D eigenvalue weighted by Crippen LogP contribution is -1.94. The van der Waals surface area contributed by atoms with Gasteiger partial charge in [0.15, 0.2) is 0 Å². The van der Waals surface area contributed by atoms with Gasteiger partial charge in [-0.1, -0.05) is 0 Å². The summed E-state index contributed by atoms with van der Waals surface area (Å²) >= 11 is 3.31. The van der Waals surface area contributed by atoms with E-state index in [0.29, 0.717) is 12.5 Å². The molecule has 0 aliphatic heterocycles. The zero-order valence-corrected chi connectivity index (χ0v) is 7.55. The fourth-order valence-corrected chi connectivity index (χ4v) is 1.16. The average molecular weight is 205 g/mol. The quantitative estimate of drug-likeness (QED) is 0.732. The largest absolute Gasteiger partial charge is 0.476 e. The number of aromatic nitrogens is 2. The minimum Gasteiger partial charge on any atom is -0.476 e. The first kappa shape index (κ1) is 7.60. The number of nitrogens with zero attached hydrogens (tertiary/aromatic N) is 2. The normalized spacial score (nSPS) is 9.90. The van der Waals surface area contributed by atoms with E-state index in [-0.39, 0.29) is 0 Å². The van der Waals surface area contributed by atoms with Crippen LogP contribution in [0.3, 0.4) is 0 Å². The van der Waals surface area contributed by atoms with E-state index in [9.17, 15) is 0 Å². The molecule has 0 aliphatic carbocycles. The lowest BCUT2D eigenvalue weighted by molar-refractivity contribution is 0.321. The number of halogens is 1. The summed E-state index contributed by atoms with van der Waals surface area (Å²) in [5.41, 5.74) is 0. The molecule has 0 saturated heterocycles. The Balaban J connectivity index is 2.81. The van der Waals surface area contributed by atoms with E-state index in [4.69, 9.17) is 4.74 Å². The van der Waals surface area contributed by atoms with Gasteiger partial charge in [-0.3, -0.25) is 4.68 Å². The van der Waals surface area contributed by atoms with Gasteiger partial charge in [-0.2, -0.15) is 0 Å². The van der Waals surface area contributed by atoms with Crippen LogP contribution in [-0.4, -0.2) is 16.4 Å². The van der Waals surface area contributed by atoms with Crippen LogP contribution in [0.2, 0.25) is 0 Å². The topological polar surface area (TPSA) is 27.1 Å². The van der Waals surface area contributed by atoms with Crippen LogP contribution >= 0.6 is 15.9 Å². The minimum absolute atomic E-state index is 0.648. The Hall–Kier alpha value is -0.510. The van der Waals surface area contributed by atoms with E-state index in [1.54, 1.807) is 4.68 Å². The Morgan fingerprint density at radius 3 is 2.90 bits per heavy atom. The molecule has 0 N–H and O–H groups in total. The summed E-state index contributed by atoms with van der Waals surface area (Å²) in [6.45, 7) is 2.58. The monoisotopic (exact) mass is 204 g/mol. The Labute approximate surface area is 68.1 Å². The molecule has 0 radical (unpaired) electrons. The molecule has 0 amide bonds. The summed E-state index contributed by atoms with van der Waals surface area (Å²) in [7, 11) is 1.85. The molecule has 4 heteroatoms. The van der Waals surface area contributed by atoms with Crippen molar-refractivity contribution >= 4 is 15.9 Å². The van der Waals surface area contributed by atoms with Gasteiger partial charge in [-0.05, 0) is 22.9 Å². The third-order valence-corrected chi connectivity index (χ3v) is 1.58. The molecule has 0 unspecified atom stereocenters. The average Bonchev–Trinajstić information content (AvgIpc) is 2.13. The highest BCUT2D eigenvalue weighted by molar-refractivity contribution is 9.10. The van der Waals surface area contributed by atoms with Gasteiger partial charge < -0.3 is 4.74 Å². The summed E-state index contributed by atoms with van der Waals surface area (Å²) in [6.07, 6.45) is 1.85. The fourth-order valence-electron chi connectivity index (χ4n) is 0.674. The highest BCUT2D eigenvalue weighted by Crippen LogP contribution is 2.21. The first-order valence-corrected chi connectivity index (χ1v) is 3.85. The van der Waals surface area contributed by atoms with Gasteiger partial charge in [0.05, 0.1) is 11.1 Å². The molecule has 0 bridgehead atoms. The molecule has 1 heterocycles. The van der Waals surface area contributed by atoms with E-state index in [1.165, 1.54) is 0 Å². The third-order valence-electron chi connectivity index (χ3n) is 1.03. The second-order valence-corrected chi connectivity index (χ2v) is 2.74. The minimum atomic E-state index is 0.648. The van der Waals surface area contributed by atoms with Gasteiger partial charge in [-0.15, -0.1) is 5.10 Å². The van der Waals surface area contributed by atoms with Crippen LogP contribution < -0.4 is 4.74 Å². The maximum Gasteiger partial charge on any atom is 0.247 e. The first-order valence-electron chi connectivity index (χ1n) is 3.06. The lowest BCUT2D eigenvalue weighted by Gasteiger charge is -1.95. The Kier molecular flexibility index (Phi) is 2.32. The summed E-state index contributed by atoms with van der Waals surface area (Å²) in [6, 6.07) is 0.